The van der Waals surface area contributed by atoms with Crippen molar-refractivity contribution in [3.63, 3.8) is 0 Å². The molecule has 0 fully saturated rings. The van der Waals surface area contributed by atoms with Crippen LogP contribution < -0.4 is 0 Å². The van der Waals surface area contributed by atoms with Crippen LogP contribution in [0.25, 0.3) is 0 Å². The number of carboxylic acids is 1. The number of benzene rings is 1. The van der Waals surface area contributed by atoms with E-state index < -0.39 is 41.0 Å². The SMILES string of the molecule is CCC(C)C(=O)C(C(=O)O)C(C[N+](=O)[O-])c1ccccc1. The van der Waals surface area contributed by atoms with Gasteiger partial charge < -0.3 is 5.11 Å². The third kappa shape index (κ3) is 4.37. The minimum Gasteiger partial charge on any atom is -0.481 e. The summed E-state index contributed by atoms with van der Waals surface area (Å²) in [6.07, 6.45) is 0.503. The molecule has 0 aliphatic rings. The van der Waals surface area contributed by atoms with Gasteiger partial charge in [0.05, 0.1) is 5.92 Å². The molecule has 0 saturated heterocycles. The van der Waals surface area contributed by atoms with Crippen molar-refractivity contribution < 1.29 is 19.6 Å². The van der Waals surface area contributed by atoms with E-state index in [0.29, 0.717) is 12.0 Å². The Hall–Kier alpha value is -2.24. The first-order valence-corrected chi connectivity index (χ1v) is 6.81. The van der Waals surface area contributed by atoms with Gasteiger partial charge in [0.2, 0.25) is 6.54 Å². The highest BCUT2D eigenvalue weighted by Gasteiger charge is 2.40. The van der Waals surface area contributed by atoms with Crippen molar-refractivity contribution in [2.24, 2.45) is 11.8 Å². The molecule has 1 aromatic carbocycles. The Labute approximate surface area is 122 Å². The van der Waals surface area contributed by atoms with Crippen molar-refractivity contribution in [3.05, 3.63) is 46.0 Å². The van der Waals surface area contributed by atoms with Crippen molar-refractivity contribution >= 4 is 11.8 Å². The van der Waals surface area contributed by atoms with Crippen LogP contribution in [0, 0.1) is 22.0 Å². The number of ketones is 1. The van der Waals surface area contributed by atoms with Gasteiger partial charge in [0.1, 0.15) is 5.92 Å². The molecule has 6 nitrogen and oxygen atoms in total. The Morgan fingerprint density at radius 2 is 1.86 bits per heavy atom. The third-order valence-electron chi connectivity index (χ3n) is 3.65. The average molecular weight is 293 g/mol. The molecule has 0 aromatic heterocycles. The van der Waals surface area contributed by atoms with Gasteiger partial charge in [-0.25, -0.2) is 0 Å². The van der Waals surface area contributed by atoms with Crippen LogP contribution in [0.15, 0.2) is 30.3 Å². The molecular formula is C15H19NO5. The predicted octanol–water partition coefficient (Wildman–Crippen LogP) is 2.36. The lowest BCUT2D eigenvalue weighted by molar-refractivity contribution is -0.484. The van der Waals surface area contributed by atoms with Crippen molar-refractivity contribution in [2.45, 2.75) is 26.2 Å². The van der Waals surface area contributed by atoms with E-state index >= 15 is 0 Å². The van der Waals surface area contributed by atoms with E-state index in [1.54, 1.807) is 44.2 Å². The number of nitro groups is 1. The molecule has 1 N–H and O–H groups in total. The lowest BCUT2D eigenvalue weighted by Crippen LogP contribution is -2.36. The number of aliphatic carboxylic acids is 1. The number of carbonyl (C=O) groups excluding carboxylic acids is 1. The number of Topliss-reactive ketones (excluding diaryl/α,β-unsaturated/α-hetero) is 1. The predicted molar refractivity (Wildman–Crippen MR) is 76.6 cm³/mol. The highest BCUT2D eigenvalue weighted by Crippen LogP contribution is 2.29. The van der Waals surface area contributed by atoms with E-state index in [1.165, 1.54) is 0 Å². The summed E-state index contributed by atoms with van der Waals surface area (Å²) < 4.78 is 0. The monoisotopic (exact) mass is 293 g/mol. The zero-order chi connectivity index (χ0) is 16.0. The van der Waals surface area contributed by atoms with Gasteiger partial charge in [-0.1, -0.05) is 44.2 Å². The van der Waals surface area contributed by atoms with Crippen LogP contribution in [0.3, 0.4) is 0 Å². The third-order valence-corrected chi connectivity index (χ3v) is 3.65. The standard InChI is InChI=1S/C15H19NO5/c1-3-10(2)14(17)13(15(18)19)12(9-16(20)21)11-7-5-4-6-8-11/h4-8,10,12-13H,3,9H2,1-2H3,(H,18,19). The molecule has 0 bridgehead atoms. The molecule has 0 amide bonds. The molecule has 21 heavy (non-hydrogen) atoms. The molecule has 1 aromatic rings. The zero-order valence-corrected chi connectivity index (χ0v) is 12.1. The Balaban J connectivity index is 3.22. The maximum atomic E-state index is 12.3. The van der Waals surface area contributed by atoms with E-state index in [4.69, 9.17) is 0 Å². The molecule has 0 spiro atoms. The summed E-state index contributed by atoms with van der Waals surface area (Å²) in [5.41, 5.74) is 0.498. The summed E-state index contributed by atoms with van der Waals surface area (Å²) >= 11 is 0. The Bertz CT molecular complexity index is 514. The molecule has 114 valence electrons. The maximum Gasteiger partial charge on any atom is 0.314 e. The van der Waals surface area contributed by atoms with Crippen molar-refractivity contribution in [1.29, 1.82) is 0 Å². The molecule has 0 saturated carbocycles. The number of nitrogens with zero attached hydrogens (tertiary/aromatic N) is 1. The normalized spacial score (nSPS) is 15.0. The van der Waals surface area contributed by atoms with Gasteiger partial charge in [0.25, 0.3) is 0 Å². The van der Waals surface area contributed by atoms with Gasteiger partial charge >= 0.3 is 5.97 Å². The zero-order valence-electron chi connectivity index (χ0n) is 12.1. The summed E-state index contributed by atoms with van der Waals surface area (Å²) in [6.45, 7) is 2.85. The van der Waals surface area contributed by atoms with Gasteiger partial charge in [-0.3, -0.25) is 19.7 Å². The lowest BCUT2D eigenvalue weighted by Gasteiger charge is -2.22. The fourth-order valence-corrected chi connectivity index (χ4v) is 2.26. The summed E-state index contributed by atoms with van der Waals surface area (Å²) in [5.74, 6) is -4.56. The smallest absolute Gasteiger partial charge is 0.314 e. The van der Waals surface area contributed by atoms with Gasteiger partial charge in [0, 0.05) is 10.8 Å². The number of hydrogen-bond donors (Lipinski definition) is 1. The van der Waals surface area contributed by atoms with Gasteiger partial charge in [0.15, 0.2) is 5.78 Å². The van der Waals surface area contributed by atoms with Crippen LogP contribution in [0.4, 0.5) is 0 Å². The second-order valence-corrected chi connectivity index (χ2v) is 5.06. The van der Waals surface area contributed by atoms with Crippen LogP contribution in [0.1, 0.15) is 31.7 Å². The molecule has 0 radical (unpaired) electrons. The van der Waals surface area contributed by atoms with Crippen molar-refractivity contribution in [3.8, 4) is 0 Å². The molecule has 6 heteroatoms. The van der Waals surface area contributed by atoms with E-state index in [9.17, 15) is 24.8 Å². The second-order valence-electron chi connectivity index (χ2n) is 5.06. The Morgan fingerprint density at radius 1 is 1.29 bits per heavy atom. The quantitative estimate of drug-likeness (QED) is 0.451. The molecule has 3 unspecified atom stereocenters. The number of hydrogen-bond acceptors (Lipinski definition) is 4. The fraction of sp³-hybridized carbons (Fsp3) is 0.467. The molecule has 3 atom stereocenters. The average Bonchev–Trinajstić information content (AvgIpc) is 2.45. The molecule has 1 rings (SSSR count). The summed E-state index contributed by atoms with van der Waals surface area (Å²) in [6, 6.07) is 8.32. The largest absolute Gasteiger partial charge is 0.481 e. The van der Waals surface area contributed by atoms with Crippen LogP contribution in [0.5, 0.6) is 0 Å². The van der Waals surface area contributed by atoms with Crippen molar-refractivity contribution in [2.75, 3.05) is 6.54 Å². The molecule has 0 aliphatic carbocycles. The summed E-state index contributed by atoms with van der Waals surface area (Å²) in [5, 5.41) is 20.3. The fourth-order valence-electron chi connectivity index (χ4n) is 2.26. The number of rotatable bonds is 8. The van der Waals surface area contributed by atoms with Gasteiger partial charge in [-0.05, 0) is 12.0 Å². The highest BCUT2D eigenvalue weighted by molar-refractivity contribution is 6.00. The van der Waals surface area contributed by atoms with Crippen LogP contribution in [0.2, 0.25) is 0 Å². The van der Waals surface area contributed by atoms with Gasteiger partial charge in [-0.15, -0.1) is 0 Å². The highest BCUT2D eigenvalue weighted by atomic mass is 16.6. The first-order valence-electron chi connectivity index (χ1n) is 6.81. The Morgan fingerprint density at radius 3 is 2.29 bits per heavy atom. The van der Waals surface area contributed by atoms with E-state index in [1.807, 2.05) is 0 Å². The Kier molecular flexibility index (Phi) is 6.02. The van der Waals surface area contributed by atoms with E-state index in [2.05, 4.69) is 0 Å². The summed E-state index contributed by atoms with van der Waals surface area (Å²) in [4.78, 5) is 34.1. The van der Waals surface area contributed by atoms with E-state index in [0.717, 1.165) is 0 Å². The first-order chi connectivity index (χ1) is 9.88. The number of carbonyl (C=O) groups is 2. The number of carboxylic acid groups (broad SMARTS) is 1. The van der Waals surface area contributed by atoms with Crippen molar-refractivity contribution in [1.82, 2.24) is 0 Å². The minimum absolute atomic E-state index is 0.441. The molecule has 0 aliphatic heterocycles. The van der Waals surface area contributed by atoms with Crippen LogP contribution in [-0.2, 0) is 9.59 Å². The maximum absolute atomic E-state index is 12.3. The van der Waals surface area contributed by atoms with Crippen LogP contribution in [-0.4, -0.2) is 28.3 Å². The lowest BCUT2D eigenvalue weighted by atomic mass is 9.79. The first kappa shape index (κ1) is 16.8. The summed E-state index contributed by atoms with van der Waals surface area (Å²) in [7, 11) is 0. The van der Waals surface area contributed by atoms with Gasteiger partial charge in [-0.2, -0.15) is 0 Å². The van der Waals surface area contributed by atoms with Crippen LogP contribution >= 0.6 is 0 Å². The van der Waals surface area contributed by atoms with E-state index in [-0.39, 0.29) is 0 Å². The topological polar surface area (TPSA) is 97.5 Å². The second kappa shape index (κ2) is 7.52. The molecular weight excluding hydrogens is 274 g/mol. The minimum atomic E-state index is -1.40. The molecule has 0 heterocycles.